The number of hydrogen-bond donors (Lipinski definition) is 0. The molecule has 12 heteroatoms. The molecule has 9 nitrogen and oxygen atoms in total. The minimum absolute atomic E-state index is 0.0292. The fourth-order valence-electron chi connectivity index (χ4n) is 7.15. The highest BCUT2D eigenvalue weighted by atomic mass is 19.4. The van der Waals surface area contributed by atoms with E-state index in [2.05, 4.69) is 28.8 Å². The van der Waals surface area contributed by atoms with Crippen molar-refractivity contribution in [2.75, 3.05) is 4.90 Å². The standard InChI is InChI=1S/C32H30F3N7O2/c1-4-28(43)40-14-21-15-41(38-27(21)17-40)13-20-8-24-25(26(9-20)32(33,34)35)16-42(29(24)44)23-7-5-6-22(10-23)31(11-19(2)12-31)30-37-36-18-39(30)3/h4-10,15,18-19H,1,11-14,16-17H2,2-3H3. The summed E-state index contributed by atoms with van der Waals surface area (Å²) in [5, 5.41) is 13.0. The Morgan fingerprint density at radius 3 is 2.61 bits per heavy atom. The van der Waals surface area contributed by atoms with E-state index in [9.17, 15) is 22.8 Å². The SMILES string of the molecule is C=CC(=O)N1Cc2cn(Cc3cc4c(c(C(F)(F)F)c3)CN(c3cccc(C5(c6nncn6C)CC(C)C5)c3)C4=O)nc2C1. The number of halogens is 3. The van der Waals surface area contributed by atoms with Crippen molar-refractivity contribution in [1.82, 2.24) is 29.4 Å². The number of hydrogen-bond acceptors (Lipinski definition) is 5. The topological polar surface area (TPSA) is 89.2 Å². The first kappa shape index (κ1) is 28.1. The molecular formula is C32H30F3N7O2. The van der Waals surface area contributed by atoms with Crippen LogP contribution in [0.15, 0.2) is 61.6 Å². The molecule has 2 amide bonds. The van der Waals surface area contributed by atoms with Gasteiger partial charge in [-0.2, -0.15) is 18.3 Å². The molecule has 0 atom stereocenters. The third-order valence-corrected chi connectivity index (χ3v) is 9.11. The van der Waals surface area contributed by atoms with Crippen LogP contribution in [0, 0.1) is 5.92 Å². The van der Waals surface area contributed by atoms with E-state index in [4.69, 9.17) is 0 Å². The quantitative estimate of drug-likeness (QED) is 0.291. The van der Waals surface area contributed by atoms with Crippen LogP contribution in [0.2, 0.25) is 0 Å². The van der Waals surface area contributed by atoms with Crippen molar-refractivity contribution in [2.24, 2.45) is 13.0 Å². The molecule has 44 heavy (non-hydrogen) atoms. The van der Waals surface area contributed by atoms with Gasteiger partial charge >= 0.3 is 6.18 Å². The highest BCUT2D eigenvalue weighted by Gasteiger charge is 2.48. The molecule has 3 aliphatic rings. The molecule has 4 heterocycles. The van der Waals surface area contributed by atoms with Crippen LogP contribution in [0.4, 0.5) is 18.9 Å². The first-order valence-corrected chi connectivity index (χ1v) is 14.4. The number of carbonyl (C=O) groups is 2. The second kappa shape index (κ2) is 9.90. The molecule has 1 saturated carbocycles. The van der Waals surface area contributed by atoms with E-state index >= 15 is 0 Å². The number of anilines is 1. The first-order valence-electron chi connectivity index (χ1n) is 14.4. The average Bonchev–Trinajstić information content (AvgIpc) is 3.74. The van der Waals surface area contributed by atoms with Crippen molar-refractivity contribution in [2.45, 2.75) is 57.5 Å². The van der Waals surface area contributed by atoms with E-state index < -0.39 is 17.6 Å². The second-order valence-electron chi connectivity index (χ2n) is 12.2. The lowest BCUT2D eigenvalue weighted by atomic mass is 9.58. The highest BCUT2D eigenvalue weighted by molar-refractivity contribution is 6.10. The first-order chi connectivity index (χ1) is 21.0. The van der Waals surface area contributed by atoms with E-state index in [1.54, 1.807) is 34.2 Å². The van der Waals surface area contributed by atoms with Gasteiger partial charge in [0.1, 0.15) is 12.2 Å². The zero-order chi connectivity index (χ0) is 31.0. The zero-order valence-corrected chi connectivity index (χ0v) is 24.3. The minimum Gasteiger partial charge on any atom is -0.329 e. The third-order valence-electron chi connectivity index (χ3n) is 9.11. The van der Waals surface area contributed by atoms with Gasteiger partial charge in [-0.15, -0.1) is 10.2 Å². The van der Waals surface area contributed by atoms with Gasteiger partial charge in [-0.05, 0) is 65.8 Å². The van der Waals surface area contributed by atoms with Gasteiger partial charge in [-0.25, -0.2) is 0 Å². The summed E-state index contributed by atoms with van der Waals surface area (Å²) >= 11 is 0. The number of nitrogens with zero attached hydrogens (tertiary/aromatic N) is 7. The minimum atomic E-state index is -4.65. The Labute approximate surface area is 251 Å². The van der Waals surface area contributed by atoms with E-state index in [1.165, 1.54) is 11.0 Å². The maximum Gasteiger partial charge on any atom is 0.416 e. The van der Waals surface area contributed by atoms with Gasteiger partial charge in [0.25, 0.3) is 5.91 Å². The molecule has 1 fully saturated rings. The van der Waals surface area contributed by atoms with Crippen molar-refractivity contribution in [3.8, 4) is 0 Å². The van der Waals surface area contributed by atoms with E-state index in [-0.39, 0.29) is 35.5 Å². The predicted octanol–water partition coefficient (Wildman–Crippen LogP) is 4.98. The summed E-state index contributed by atoms with van der Waals surface area (Å²) < 4.78 is 46.7. The Morgan fingerprint density at radius 1 is 1.16 bits per heavy atom. The van der Waals surface area contributed by atoms with Gasteiger partial charge in [0.2, 0.25) is 5.91 Å². The smallest absolute Gasteiger partial charge is 0.329 e. The molecule has 2 aromatic carbocycles. The van der Waals surface area contributed by atoms with Crippen molar-refractivity contribution < 1.29 is 22.8 Å². The Morgan fingerprint density at radius 2 is 1.95 bits per heavy atom. The molecule has 0 bridgehead atoms. The fraction of sp³-hybridized carbons (Fsp3) is 0.344. The summed E-state index contributed by atoms with van der Waals surface area (Å²) in [7, 11) is 1.90. The Kier molecular flexibility index (Phi) is 6.31. The second-order valence-corrected chi connectivity index (χ2v) is 12.2. The van der Waals surface area contributed by atoms with Gasteiger partial charge in [0.15, 0.2) is 0 Å². The molecule has 2 aliphatic heterocycles. The van der Waals surface area contributed by atoms with Crippen LogP contribution in [0.3, 0.4) is 0 Å². The summed E-state index contributed by atoms with van der Waals surface area (Å²) in [5.74, 6) is 0.631. The highest BCUT2D eigenvalue weighted by Crippen LogP contribution is 2.52. The van der Waals surface area contributed by atoms with Gasteiger partial charge in [0, 0.05) is 36.6 Å². The van der Waals surface area contributed by atoms with Crippen LogP contribution < -0.4 is 4.90 Å². The van der Waals surface area contributed by atoms with Gasteiger partial charge in [-0.3, -0.25) is 14.3 Å². The molecule has 4 aromatic rings. The maximum absolute atomic E-state index is 14.4. The van der Waals surface area contributed by atoms with Crippen molar-refractivity contribution in [3.63, 3.8) is 0 Å². The average molecular weight is 602 g/mol. The maximum atomic E-state index is 14.4. The summed E-state index contributed by atoms with van der Waals surface area (Å²) in [4.78, 5) is 28.7. The number of carbonyl (C=O) groups excluding carboxylic acids is 2. The molecule has 0 saturated heterocycles. The molecule has 2 aromatic heterocycles. The van der Waals surface area contributed by atoms with Crippen LogP contribution in [-0.4, -0.2) is 41.3 Å². The number of alkyl halides is 3. The molecule has 0 unspecified atom stereocenters. The van der Waals surface area contributed by atoms with Gasteiger partial charge in [0.05, 0.1) is 36.3 Å². The zero-order valence-electron chi connectivity index (χ0n) is 24.3. The third kappa shape index (κ3) is 4.42. The predicted molar refractivity (Wildman–Crippen MR) is 154 cm³/mol. The van der Waals surface area contributed by atoms with Crippen LogP contribution in [0.5, 0.6) is 0 Å². The molecule has 0 N–H and O–H groups in total. The Balaban J connectivity index is 1.20. The van der Waals surface area contributed by atoms with Gasteiger partial charge < -0.3 is 14.4 Å². The fourth-order valence-corrected chi connectivity index (χ4v) is 7.15. The summed E-state index contributed by atoms with van der Waals surface area (Å²) in [6.45, 7) is 6.23. The summed E-state index contributed by atoms with van der Waals surface area (Å²) in [6, 6.07) is 10.2. The number of rotatable bonds is 6. The van der Waals surface area contributed by atoms with Crippen molar-refractivity contribution >= 4 is 17.5 Å². The number of fused-ring (bicyclic) bond motifs is 2. The van der Waals surface area contributed by atoms with Crippen LogP contribution in [0.25, 0.3) is 0 Å². The lowest BCUT2D eigenvalue weighted by Gasteiger charge is -2.46. The Hall–Kier alpha value is -4.74. The van der Waals surface area contributed by atoms with Gasteiger partial charge in [-0.1, -0.05) is 25.6 Å². The number of aromatic nitrogens is 5. The molecule has 1 aliphatic carbocycles. The monoisotopic (exact) mass is 601 g/mol. The largest absolute Gasteiger partial charge is 0.416 e. The summed E-state index contributed by atoms with van der Waals surface area (Å²) in [5.41, 5.74) is 2.18. The normalized spacial score (nSPS) is 20.9. The molecule has 7 rings (SSSR count). The molecular weight excluding hydrogens is 571 g/mol. The number of aryl methyl sites for hydroxylation is 1. The van der Waals surface area contributed by atoms with E-state index in [0.29, 0.717) is 36.0 Å². The van der Waals surface area contributed by atoms with E-state index in [0.717, 1.165) is 35.9 Å². The van der Waals surface area contributed by atoms with E-state index in [1.807, 2.05) is 29.8 Å². The van der Waals surface area contributed by atoms with Crippen molar-refractivity contribution in [1.29, 1.82) is 0 Å². The lowest BCUT2D eigenvalue weighted by Crippen LogP contribution is -2.43. The lowest BCUT2D eigenvalue weighted by molar-refractivity contribution is -0.138. The van der Waals surface area contributed by atoms with Crippen LogP contribution >= 0.6 is 0 Å². The van der Waals surface area contributed by atoms with Crippen LogP contribution in [0.1, 0.15) is 69.5 Å². The number of benzene rings is 2. The molecule has 0 radical (unpaired) electrons. The summed E-state index contributed by atoms with van der Waals surface area (Å²) in [6.07, 6.45) is 1.71. The molecule has 0 spiro atoms. The van der Waals surface area contributed by atoms with Crippen molar-refractivity contribution in [3.05, 3.63) is 106 Å². The number of amides is 2. The molecule has 226 valence electrons. The van der Waals surface area contributed by atoms with Crippen LogP contribution in [-0.2, 0) is 49.6 Å². The Bertz CT molecular complexity index is 1810.